The van der Waals surface area contributed by atoms with Gasteiger partial charge in [-0.1, -0.05) is 11.6 Å². The van der Waals surface area contributed by atoms with Crippen molar-refractivity contribution in [3.8, 4) is 0 Å². The summed E-state index contributed by atoms with van der Waals surface area (Å²) >= 11 is 5.61. The zero-order valence-electron chi connectivity index (χ0n) is 5.71. The highest BCUT2D eigenvalue weighted by Gasteiger charge is 1.98. The smallest absolute Gasteiger partial charge is 0.0589 e. The molecule has 0 aliphatic rings. The van der Waals surface area contributed by atoms with Crippen LogP contribution in [0, 0.1) is 0 Å². The molecule has 0 saturated heterocycles. The summed E-state index contributed by atoms with van der Waals surface area (Å²) < 4.78 is 0. The van der Waals surface area contributed by atoms with Crippen LogP contribution < -0.4 is 5.73 Å². The van der Waals surface area contributed by atoms with Crippen molar-refractivity contribution in [2.75, 3.05) is 0 Å². The molecule has 0 aliphatic carbocycles. The van der Waals surface area contributed by atoms with Crippen LogP contribution in [0.3, 0.4) is 0 Å². The predicted molar refractivity (Wildman–Crippen MR) is 41.8 cm³/mol. The molecule has 1 atom stereocenters. The van der Waals surface area contributed by atoms with Crippen LogP contribution in [0.25, 0.3) is 0 Å². The molecule has 54 valence electrons. The van der Waals surface area contributed by atoms with Crippen molar-refractivity contribution in [3.05, 3.63) is 29.0 Å². The van der Waals surface area contributed by atoms with Crippen molar-refractivity contribution in [2.45, 2.75) is 13.0 Å². The first-order chi connectivity index (χ1) is 4.70. The maximum Gasteiger partial charge on any atom is 0.0589 e. The van der Waals surface area contributed by atoms with Crippen LogP contribution in [0.1, 0.15) is 18.7 Å². The topological polar surface area (TPSA) is 38.9 Å². The van der Waals surface area contributed by atoms with E-state index in [1.54, 1.807) is 12.3 Å². The summed E-state index contributed by atoms with van der Waals surface area (Å²) in [4.78, 5) is 4.02. The highest BCUT2D eigenvalue weighted by molar-refractivity contribution is 6.30. The Bertz CT molecular complexity index is 205. The summed E-state index contributed by atoms with van der Waals surface area (Å²) in [6.07, 6.45) is 1.60. The summed E-state index contributed by atoms with van der Waals surface area (Å²) in [7, 11) is 0. The molecule has 0 aromatic carbocycles. The molecule has 0 unspecified atom stereocenters. The third-order valence-corrected chi connectivity index (χ3v) is 1.44. The maximum atomic E-state index is 5.61. The Morgan fingerprint density at radius 2 is 2.30 bits per heavy atom. The lowest BCUT2D eigenvalue weighted by atomic mass is 10.2. The monoisotopic (exact) mass is 156 g/mol. The van der Waals surface area contributed by atoms with Crippen LogP contribution >= 0.6 is 11.6 Å². The Morgan fingerprint density at radius 3 is 2.70 bits per heavy atom. The summed E-state index contributed by atoms with van der Waals surface area (Å²) in [5, 5.41) is 0.643. The second kappa shape index (κ2) is 2.99. The van der Waals surface area contributed by atoms with E-state index in [0.29, 0.717) is 5.02 Å². The fraction of sp³-hybridized carbons (Fsp3) is 0.286. The average Bonchev–Trinajstić information content (AvgIpc) is 1.88. The van der Waals surface area contributed by atoms with E-state index >= 15 is 0 Å². The van der Waals surface area contributed by atoms with E-state index in [4.69, 9.17) is 17.3 Å². The van der Waals surface area contributed by atoms with Crippen molar-refractivity contribution in [1.29, 1.82) is 0 Å². The molecule has 0 aliphatic heterocycles. The van der Waals surface area contributed by atoms with Crippen molar-refractivity contribution in [3.63, 3.8) is 0 Å². The fourth-order valence-electron chi connectivity index (χ4n) is 0.657. The first-order valence-corrected chi connectivity index (χ1v) is 3.45. The zero-order valence-corrected chi connectivity index (χ0v) is 6.47. The standard InChI is InChI=1S/C7H9ClN2/c1-5(9)7-3-2-6(8)4-10-7/h2-5H,9H2,1H3/t5-/m1/s1. The third kappa shape index (κ3) is 1.69. The molecule has 0 fully saturated rings. The van der Waals surface area contributed by atoms with E-state index in [1.807, 2.05) is 13.0 Å². The second-order valence-electron chi connectivity index (χ2n) is 2.19. The number of halogens is 1. The molecule has 0 radical (unpaired) electrons. The van der Waals surface area contributed by atoms with Gasteiger partial charge in [0.1, 0.15) is 0 Å². The van der Waals surface area contributed by atoms with E-state index in [0.717, 1.165) is 5.69 Å². The molecule has 1 aromatic rings. The molecule has 1 rings (SSSR count). The number of pyridine rings is 1. The Labute approximate surface area is 65.0 Å². The first kappa shape index (κ1) is 7.51. The summed E-state index contributed by atoms with van der Waals surface area (Å²) in [5.74, 6) is 0. The Balaban J connectivity index is 2.89. The van der Waals surface area contributed by atoms with Crippen molar-refractivity contribution < 1.29 is 0 Å². The molecule has 0 amide bonds. The predicted octanol–water partition coefficient (Wildman–Crippen LogP) is 1.75. The van der Waals surface area contributed by atoms with Crippen LogP contribution in [0.4, 0.5) is 0 Å². The molecule has 1 heterocycles. The van der Waals surface area contributed by atoms with Gasteiger partial charge in [0.2, 0.25) is 0 Å². The van der Waals surface area contributed by atoms with E-state index < -0.39 is 0 Å². The number of hydrogen-bond acceptors (Lipinski definition) is 2. The quantitative estimate of drug-likeness (QED) is 0.673. The molecular weight excluding hydrogens is 148 g/mol. The van der Waals surface area contributed by atoms with E-state index in [2.05, 4.69) is 4.98 Å². The maximum absolute atomic E-state index is 5.61. The minimum absolute atomic E-state index is 0.0164. The van der Waals surface area contributed by atoms with Crippen LogP contribution in [0.5, 0.6) is 0 Å². The van der Waals surface area contributed by atoms with E-state index in [1.165, 1.54) is 0 Å². The van der Waals surface area contributed by atoms with Gasteiger partial charge in [-0.3, -0.25) is 4.98 Å². The van der Waals surface area contributed by atoms with Gasteiger partial charge in [0, 0.05) is 12.2 Å². The van der Waals surface area contributed by atoms with Gasteiger partial charge in [0.05, 0.1) is 10.7 Å². The van der Waals surface area contributed by atoms with Gasteiger partial charge < -0.3 is 5.73 Å². The van der Waals surface area contributed by atoms with Crippen LogP contribution in [-0.2, 0) is 0 Å². The number of aromatic nitrogens is 1. The highest BCUT2D eigenvalue weighted by Crippen LogP contribution is 2.09. The first-order valence-electron chi connectivity index (χ1n) is 3.07. The number of nitrogens with two attached hydrogens (primary N) is 1. The molecule has 2 N–H and O–H groups in total. The highest BCUT2D eigenvalue weighted by atomic mass is 35.5. The van der Waals surface area contributed by atoms with Crippen LogP contribution in [0.15, 0.2) is 18.3 Å². The van der Waals surface area contributed by atoms with Gasteiger partial charge in [-0.15, -0.1) is 0 Å². The van der Waals surface area contributed by atoms with Gasteiger partial charge in [-0.05, 0) is 19.1 Å². The molecule has 1 aromatic heterocycles. The lowest BCUT2D eigenvalue weighted by Gasteiger charge is -2.02. The molecule has 2 nitrogen and oxygen atoms in total. The minimum Gasteiger partial charge on any atom is -0.323 e. The van der Waals surface area contributed by atoms with E-state index in [-0.39, 0.29) is 6.04 Å². The molecule has 3 heteroatoms. The SMILES string of the molecule is C[C@@H](N)c1ccc(Cl)cn1. The molecular formula is C7H9ClN2. The van der Waals surface area contributed by atoms with Gasteiger partial charge in [-0.2, -0.15) is 0 Å². The van der Waals surface area contributed by atoms with Crippen molar-refractivity contribution in [1.82, 2.24) is 4.98 Å². The lowest BCUT2D eigenvalue weighted by Crippen LogP contribution is -2.06. The summed E-state index contributed by atoms with van der Waals surface area (Å²) in [5.41, 5.74) is 6.42. The van der Waals surface area contributed by atoms with Gasteiger partial charge >= 0.3 is 0 Å². The summed E-state index contributed by atoms with van der Waals surface area (Å²) in [6, 6.07) is 3.59. The number of nitrogens with zero attached hydrogens (tertiary/aromatic N) is 1. The third-order valence-electron chi connectivity index (χ3n) is 1.22. The van der Waals surface area contributed by atoms with Gasteiger partial charge in [0.15, 0.2) is 0 Å². The normalized spacial score (nSPS) is 13.1. The molecule has 0 spiro atoms. The molecule has 10 heavy (non-hydrogen) atoms. The largest absolute Gasteiger partial charge is 0.323 e. The number of hydrogen-bond donors (Lipinski definition) is 1. The van der Waals surface area contributed by atoms with Crippen LogP contribution in [0.2, 0.25) is 5.02 Å². The van der Waals surface area contributed by atoms with Crippen molar-refractivity contribution >= 4 is 11.6 Å². The second-order valence-corrected chi connectivity index (χ2v) is 2.63. The van der Waals surface area contributed by atoms with Crippen molar-refractivity contribution in [2.24, 2.45) is 5.73 Å². The fourth-order valence-corrected chi connectivity index (χ4v) is 0.768. The van der Waals surface area contributed by atoms with Gasteiger partial charge in [-0.25, -0.2) is 0 Å². The van der Waals surface area contributed by atoms with Gasteiger partial charge in [0.25, 0.3) is 0 Å². The van der Waals surface area contributed by atoms with Crippen LogP contribution in [-0.4, -0.2) is 4.98 Å². The average molecular weight is 157 g/mol. The molecule has 0 saturated carbocycles. The Morgan fingerprint density at radius 1 is 1.60 bits per heavy atom. The zero-order chi connectivity index (χ0) is 7.56. The molecule has 0 bridgehead atoms. The lowest BCUT2D eigenvalue weighted by molar-refractivity contribution is 0.781. The Kier molecular flexibility index (Phi) is 2.25. The summed E-state index contributed by atoms with van der Waals surface area (Å²) in [6.45, 7) is 1.89. The number of rotatable bonds is 1. The van der Waals surface area contributed by atoms with E-state index in [9.17, 15) is 0 Å². The Hall–Kier alpha value is -0.600. The minimum atomic E-state index is -0.0164.